The monoisotopic (exact) mass is 444 g/mol. The smallest absolute Gasteiger partial charge is 0.246 e. The van der Waals surface area contributed by atoms with Gasteiger partial charge < -0.3 is 14.7 Å². The minimum Gasteiger partial charge on any atom is -0.371 e. The molecule has 0 saturated carbocycles. The third-order valence-electron chi connectivity index (χ3n) is 5.25. The highest BCUT2D eigenvalue weighted by Gasteiger charge is 2.26. The lowest BCUT2D eigenvalue weighted by atomic mass is 9.96. The number of piperidine rings is 1. The molecule has 0 spiro atoms. The topological polar surface area (TPSA) is 71.3 Å². The van der Waals surface area contributed by atoms with E-state index < -0.39 is 0 Å². The van der Waals surface area contributed by atoms with Crippen LogP contribution in [0.4, 0.5) is 5.69 Å². The van der Waals surface area contributed by atoms with Crippen LogP contribution in [0.2, 0.25) is 10.0 Å². The van der Waals surface area contributed by atoms with Crippen LogP contribution in [0.25, 0.3) is 11.4 Å². The van der Waals surface area contributed by atoms with Crippen LogP contribution in [0.1, 0.15) is 24.3 Å². The van der Waals surface area contributed by atoms with Crippen LogP contribution in [-0.4, -0.2) is 29.1 Å². The number of aryl methyl sites for hydroxylation is 1. The van der Waals surface area contributed by atoms with E-state index >= 15 is 0 Å². The molecule has 1 aliphatic heterocycles. The molecule has 1 N–H and O–H groups in total. The Bertz CT molecular complexity index is 1040. The van der Waals surface area contributed by atoms with Crippen molar-refractivity contribution < 1.29 is 9.32 Å². The molecule has 0 aliphatic carbocycles. The van der Waals surface area contributed by atoms with E-state index in [1.165, 1.54) is 5.56 Å². The fraction of sp³-hybridized carbons (Fsp3) is 0.318. The summed E-state index contributed by atoms with van der Waals surface area (Å²) in [7, 11) is 0. The van der Waals surface area contributed by atoms with Gasteiger partial charge in [0.2, 0.25) is 17.6 Å². The second-order valence-corrected chi connectivity index (χ2v) is 8.32. The zero-order chi connectivity index (χ0) is 21.1. The molecule has 2 aromatic carbocycles. The van der Waals surface area contributed by atoms with Gasteiger partial charge in [0.1, 0.15) is 0 Å². The standard InChI is InChI=1S/C22H22Cl2N4O2/c1-14-4-7-17(8-5-14)28-10-2-3-15(13-28)22(29)25-12-20-26-21(27-30-20)18-9-6-16(23)11-19(18)24/h4-9,11,15H,2-3,10,12-13H2,1H3,(H,25,29)/t15-/m0/s1. The Hall–Kier alpha value is -2.57. The second kappa shape index (κ2) is 9.06. The molecule has 4 rings (SSSR count). The molecule has 0 radical (unpaired) electrons. The fourth-order valence-corrected chi connectivity index (χ4v) is 4.09. The molecular formula is C22H22Cl2N4O2. The first kappa shape index (κ1) is 20.7. The number of aromatic nitrogens is 2. The highest BCUT2D eigenvalue weighted by Crippen LogP contribution is 2.28. The largest absolute Gasteiger partial charge is 0.371 e. The van der Waals surface area contributed by atoms with Crippen molar-refractivity contribution >= 4 is 34.8 Å². The maximum atomic E-state index is 12.7. The van der Waals surface area contributed by atoms with E-state index in [9.17, 15) is 4.79 Å². The SMILES string of the molecule is Cc1ccc(N2CCC[C@H](C(=O)NCc3nc(-c4ccc(Cl)cc4Cl)no3)C2)cc1. The summed E-state index contributed by atoms with van der Waals surface area (Å²) in [5.41, 5.74) is 3.01. The highest BCUT2D eigenvalue weighted by molar-refractivity contribution is 6.36. The fourth-order valence-electron chi connectivity index (χ4n) is 3.60. The molecule has 8 heteroatoms. The van der Waals surface area contributed by atoms with E-state index in [1.807, 2.05) is 0 Å². The van der Waals surface area contributed by atoms with Crippen LogP contribution in [0.3, 0.4) is 0 Å². The minimum absolute atomic E-state index is 0.00362. The Morgan fingerprint density at radius 2 is 2.03 bits per heavy atom. The predicted molar refractivity (Wildman–Crippen MR) is 118 cm³/mol. The van der Waals surface area contributed by atoms with Gasteiger partial charge >= 0.3 is 0 Å². The number of hydrogen-bond acceptors (Lipinski definition) is 5. The lowest BCUT2D eigenvalue weighted by molar-refractivity contribution is -0.125. The van der Waals surface area contributed by atoms with Crippen molar-refractivity contribution in [1.82, 2.24) is 15.5 Å². The van der Waals surface area contributed by atoms with Crippen molar-refractivity contribution in [2.45, 2.75) is 26.3 Å². The molecule has 1 atom stereocenters. The Kier molecular flexibility index (Phi) is 6.25. The molecule has 1 saturated heterocycles. The third kappa shape index (κ3) is 4.77. The van der Waals surface area contributed by atoms with Gasteiger partial charge in [-0.1, -0.05) is 46.1 Å². The third-order valence-corrected chi connectivity index (χ3v) is 5.79. The molecule has 156 valence electrons. The van der Waals surface area contributed by atoms with Gasteiger partial charge in [0.25, 0.3) is 0 Å². The summed E-state index contributed by atoms with van der Waals surface area (Å²) in [6, 6.07) is 13.5. The molecule has 0 bridgehead atoms. The molecular weight excluding hydrogens is 423 g/mol. The second-order valence-electron chi connectivity index (χ2n) is 7.47. The highest BCUT2D eigenvalue weighted by atomic mass is 35.5. The first-order valence-corrected chi connectivity index (χ1v) is 10.6. The van der Waals surface area contributed by atoms with Crippen LogP contribution in [0, 0.1) is 12.8 Å². The van der Waals surface area contributed by atoms with Crippen LogP contribution in [0.5, 0.6) is 0 Å². The van der Waals surface area contributed by atoms with Gasteiger partial charge in [0.15, 0.2) is 0 Å². The number of nitrogens with one attached hydrogen (secondary N) is 1. The van der Waals surface area contributed by atoms with Gasteiger partial charge in [-0.25, -0.2) is 0 Å². The lowest BCUT2D eigenvalue weighted by Gasteiger charge is -2.33. The zero-order valence-corrected chi connectivity index (χ0v) is 18.1. The Morgan fingerprint density at radius 1 is 1.23 bits per heavy atom. The summed E-state index contributed by atoms with van der Waals surface area (Å²) in [6.07, 6.45) is 1.84. The van der Waals surface area contributed by atoms with Crippen LogP contribution in [-0.2, 0) is 11.3 Å². The van der Waals surface area contributed by atoms with Gasteiger partial charge in [-0.15, -0.1) is 0 Å². The molecule has 1 amide bonds. The van der Waals surface area contributed by atoms with E-state index in [0.717, 1.165) is 25.1 Å². The van der Waals surface area contributed by atoms with E-state index in [4.69, 9.17) is 27.7 Å². The molecule has 30 heavy (non-hydrogen) atoms. The van der Waals surface area contributed by atoms with Gasteiger partial charge in [0.05, 0.1) is 17.5 Å². The maximum absolute atomic E-state index is 12.7. The zero-order valence-electron chi connectivity index (χ0n) is 16.6. The summed E-state index contributed by atoms with van der Waals surface area (Å²) in [4.78, 5) is 19.3. The number of carbonyl (C=O) groups is 1. The Labute approximate surface area is 185 Å². The van der Waals surface area contributed by atoms with Crippen LogP contribution < -0.4 is 10.2 Å². The number of carbonyl (C=O) groups excluding carboxylic acids is 1. The van der Waals surface area contributed by atoms with Crippen molar-refractivity contribution in [2.75, 3.05) is 18.0 Å². The van der Waals surface area contributed by atoms with Crippen LogP contribution >= 0.6 is 23.2 Å². The predicted octanol–water partition coefficient (Wildman–Crippen LogP) is 4.88. The Morgan fingerprint density at radius 3 is 2.80 bits per heavy atom. The molecule has 3 aromatic rings. The summed E-state index contributed by atoms with van der Waals surface area (Å²) < 4.78 is 5.27. The summed E-state index contributed by atoms with van der Waals surface area (Å²) in [5, 5.41) is 7.85. The first-order valence-electron chi connectivity index (χ1n) is 9.87. The number of benzene rings is 2. The van der Waals surface area contributed by atoms with Gasteiger partial charge in [-0.05, 0) is 50.1 Å². The van der Waals surface area contributed by atoms with Crippen molar-refractivity contribution in [3.8, 4) is 11.4 Å². The molecule has 1 aliphatic rings. The van der Waals surface area contributed by atoms with E-state index in [-0.39, 0.29) is 18.4 Å². The summed E-state index contributed by atoms with van der Waals surface area (Å²) in [6.45, 7) is 3.91. The van der Waals surface area contributed by atoms with Crippen molar-refractivity contribution in [1.29, 1.82) is 0 Å². The summed E-state index contributed by atoms with van der Waals surface area (Å²) in [5.74, 6) is 0.615. The van der Waals surface area contributed by atoms with Gasteiger partial charge in [-0.3, -0.25) is 4.79 Å². The first-order chi connectivity index (χ1) is 14.5. The summed E-state index contributed by atoms with van der Waals surface area (Å²) >= 11 is 12.1. The molecule has 1 aromatic heterocycles. The van der Waals surface area contributed by atoms with Crippen LogP contribution in [0.15, 0.2) is 47.0 Å². The van der Waals surface area contributed by atoms with Gasteiger partial charge in [0, 0.05) is 29.4 Å². The van der Waals surface area contributed by atoms with Gasteiger partial charge in [-0.2, -0.15) is 4.98 Å². The number of nitrogens with zero attached hydrogens (tertiary/aromatic N) is 3. The maximum Gasteiger partial charge on any atom is 0.246 e. The average molecular weight is 445 g/mol. The van der Waals surface area contributed by atoms with E-state index in [0.29, 0.717) is 33.9 Å². The minimum atomic E-state index is -0.0758. The normalized spacial score (nSPS) is 16.5. The number of anilines is 1. The van der Waals surface area contributed by atoms with Crippen molar-refractivity contribution in [2.24, 2.45) is 5.92 Å². The number of hydrogen-bond donors (Lipinski definition) is 1. The van der Waals surface area contributed by atoms with Crippen molar-refractivity contribution in [3.63, 3.8) is 0 Å². The number of halogens is 2. The quantitative estimate of drug-likeness (QED) is 0.606. The molecule has 6 nitrogen and oxygen atoms in total. The van der Waals surface area contributed by atoms with E-state index in [1.54, 1.807) is 18.2 Å². The molecule has 2 heterocycles. The number of amides is 1. The van der Waals surface area contributed by atoms with Crippen molar-refractivity contribution in [3.05, 3.63) is 64.0 Å². The van der Waals surface area contributed by atoms with E-state index in [2.05, 4.69) is 51.5 Å². The Balaban J connectivity index is 1.35. The molecule has 0 unspecified atom stereocenters. The average Bonchev–Trinajstić information content (AvgIpc) is 3.21. The lowest BCUT2D eigenvalue weighted by Crippen LogP contribution is -2.43. The number of rotatable bonds is 5. The molecule has 1 fully saturated rings.